The number of carbonyl (C=O) groups excluding carboxylic acids is 1. The highest BCUT2D eigenvalue weighted by Gasteiger charge is 2.67. The van der Waals surface area contributed by atoms with Crippen LogP contribution in [0.5, 0.6) is 0 Å². The van der Waals surface area contributed by atoms with Crippen LogP contribution in [0.1, 0.15) is 30.4 Å². The third-order valence-electron chi connectivity index (χ3n) is 6.03. The minimum Gasteiger partial charge on any atom is -0.378 e. The van der Waals surface area contributed by atoms with Crippen molar-refractivity contribution < 1.29 is 4.79 Å². The molecule has 152 valence electrons. The molecule has 2 N–H and O–H groups in total. The number of rotatable bonds is 6. The zero-order chi connectivity index (χ0) is 20.8. The van der Waals surface area contributed by atoms with E-state index in [0.29, 0.717) is 13.0 Å². The molecule has 1 aliphatic carbocycles. The number of anilines is 1. The summed E-state index contributed by atoms with van der Waals surface area (Å²) in [6.07, 6.45) is 2.51. The van der Waals surface area contributed by atoms with Gasteiger partial charge in [-0.3, -0.25) is 4.79 Å². The average molecular weight is 430 g/mol. The zero-order valence-electron chi connectivity index (χ0n) is 16.8. The molecular weight excluding hydrogens is 405 g/mol. The molecule has 4 nitrogen and oxygen atoms in total. The molecule has 0 bridgehead atoms. The van der Waals surface area contributed by atoms with Gasteiger partial charge in [-0.25, -0.2) is 0 Å². The quantitative estimate of drug-likeness (QED) is 0.537. The number of hydrogen-bond acceptors (Lipinski definition) is 2. The van der Waals surface area contributed by atoms with Crippen LogP contribution in [0, 0.1) is 5.41 Å². The summed E-state index contributed by atoms with van der Waals surface area (Å²) < 4.78 is -0.972. The topological polar surface area (TPSA) is 48.1 Å². The molecule has 6 heteroatoms. The number of H-pyrrole nitrogens is 1. The maximum absolute atomic E-state index is 12.8. The number of aromatic amines is 1. The van der Waals surface area contributed by atoms with Gasteiger partial charge in [-0.15, -0.1) is 23.2 Å². The Kier molecular flexibility index (Phi) is 5.04. The Labute approximate surface area is 181 Å². The third-order valence-corrected chi connectivity index (χ3v) is 7.14. The smallest absolute Gasteiger partial charge is 0.229 e. The molecule has 3 aromatic rings. The van der Waals surface area contributed by atoms with Crippen LogP contribution in [0.25, 0.3) is 10.9 Å². The van der Waals surface area contributed by atoms with Gasteiger partial charge in [0.25, 0.3) is 0 Å². The first kappa shape index (κ1) is 20.1. The Morgan fingerprint density at radius 1 is 1.17 bits per heavy atom. The standard InChI is InChI=1S/C23H25Cl2N3O/c1-22(14-23(22,24)25)21(29)27-12-18(15-8-10-16(11-9-15)28(2)3)19-13-26-20-7-5-4-6-17(19)20/h4-11,13,18,26H,12,14H2,1-3H3,(H,27,29). The van der Waals surface area contributed by atoms with Crippen molar-refractivity contribution in [1.29, 1.82) is 0 Å². The minimum atomic E-state index is -0.972. The summed E-state index contributed by atoms with van der Waals surface area (Å²) in [4.78, 5) is 18.2. The molecule has 0 saturated heterocycles. The molecule has 2 unspecified atom stereocenters. The lowest BCUT2D eigenvalue weighted by atomic mass is 9.90. The number of nitrogens with one attached hydrogen (secondary N) is 2. The van der Waals surface area contributed by atoms with Crippen LogP contribution in [-0.4, -0.2) is 35.9 Å². The minimum absolute atomic E-state index is 0.00807. The summed E-state index contributed by atoms with van der Waals surface area (Å²) in [6.45, 7) is 2.29. The van der Waals surface area contributed by atoms with Crippen molar-refractivity contribution in [3.05, 3.63) is 65.9 Å². The van der Waals surface area contributed by atoms with Crippen molar-refractivity contribution in [1.82, 2.24) is 10.3 Å². The maximum atomic E-state index is 12.8. The van der Waals surface area contributed by atoms with E-state index in [1.165, 1.54) is 0 Å². The highest BCUT2D eigenvalue weighted by Crippen LogP contribution is 2.63. The summed E-state index contributed by atoms with van der Waals surface area (Å²) >= 11 is 12.4. The Hall–Kier alpha value is -2.17. The SMILES string of the molecule is CN(C)c1ccc(C(CNC(=O)C2(C)CC2(Cl)Cl)c2c[nH]c3ccccc23)cc1. The molecule has 29 heavy (non-hydrogen) atoms. The van der Waals surface area contributed by atoms with Gasteiger partial charge in [0.1, 0.15) is 4.33 Å². The molecule has 0 spiro atoms. The second-order valence-corrected chi connectivity index (χ2v) is 9.74. The normalized spacial score (nSPS) is 21.0. The van der Waals surface area contributed by atoms with Crippen LogP contribution < -0.4 is 10.2 Å². The van der Waals surface area contributed by atoms with Crippen LogP contribution in [0.15, 0.2) is 54.7 Å². The molecule has 1 aliphatic rings. The molecule has 0 aliphatic heterocycles. The highest BCUT2D eigenvalue weighted by atomic mass is 35.5. The molecule has 1 aromatic heterocycles. The van der Waals surface area contributed by atoms with Crippen molar-refractivity contribution in [3.8, 4) is 0 Å². The summed E-state index contributed by atoms with van der Waals surface area (Å²) in [5.74, 6) is -0.0917. The molecule has 1 fully saturated rings. The van der Waals surface area contributed by atoms with Crippen LogP contribution in [0.3, 0.4) is 0 Å². The number of para-hydroxylation sites is 1. The van der Waals surface area contributed by atoms with E-state index in [1.54, 1.807) is 0 Å². The summed E-state index contributed by atoms with van der Waals surface area (Å²) in [6, 6.07) is 16.7. The number of amides is 1. The number of nitrogens with zero attached hydrogens (tertiary/aromatic N) is 1. The van der Waals surface area contributed by atoms with E-state index in [0.717, 1.165) is 27.7 Å². The number of fused-ring (bicyclic) bond motifs is 1. The fourth-order valence-electron chi connectivity index (χ4n) is 3.83. The van der Waals surface area contributed by atoms with Crippen LogP contribution in [0.2, 0.25) is 0 Å². The number of aromatic nitrogens is 1. The first-order chi connectivity index (χ1) is 13.7. The fourth-order valence-corrected chi connectivity index (χ4v) is 4.54. The molecule has 2 atom stereocenters. The van der Waals surface area contributed by atoms with E-state index in [9.17, 15) is 4.79 Å². The van der Waals surface area contributed by atoms with Gasteiger partial charge >= 0.3 is 0 Å². The molecular formula is C23H25Cl2N3O. The molecule has 1 heterocycles. The van der Waals surface area contributed by atoms with E-state index in [2.05, 4.69) is 51.6 Å². The largest absolute Gasteiger partial charge is 0.378 e. The van der Waals surface area contributed by atoms with E-state index in [-0.39, 0.29) is 11.8 Å². The zero-order valence-corrected chi connectivity index (χ0v) is 18.3. The van der Waals surface area contributed by atoms with Crippen LogP contribution in [0.4, 0.5) is 5.69 Å². The Bertz CT molecular complexity index is 1040. The number of alkyl halides is 2. The molecule has 0 radical (unpaired) electrons. The molecule has 2 aromatic carbocycles. The number of carbonyl (C=O) groups is 1. The van der Waals surface area contributed by atoms with Gasteiger partial charge in [0.15, 0.2) is 0 Å². The lowest BCUT2D eigenvalue weighted by Crippen LogP contribution is -2.36. The van der Waals surface area contributed by atoms with E-state index < -0.39 is 9.75 Å². The number of benzene rings is 2. The van der Waals surface area contributed by atoms with Gasteiger partial charge in [-0.05, 0) is 42.7 Å². The highest BCUT2D eigenvalue weighted by molar-refractivity contribution is 6.53. The predicted molar refractivity (Wildman–Crippen MR) is 121 cm³/mol. The van der Waals surface area contributed by atoms with Crippen molar-refractivity contribution in [2.45, 2.75) is 23.6 Å². The Morgan fingerprint density at radius 2 is 1.83 bits per heavy atom. The fraction of sp³-hybridized carbons (Fsp3) is 0.348. The van der Waals surface area contributed by atoms with Gasteiger partial charge in [-0.1, -0.05) is 30.3 Å². The van der Waals surface area contributed by atoms with Gasteiger partial charge in [0.05, 0.1) is 5.41 Å². The van der Waals surface area contributed by atoms with Crippen molar-refractivity contribution in [2.75, 3.05) is 25.5 Å². The van der Waals surface area contributed by atoms with Crippen molar-refractivity contribution in [3.63, 3.8) is 0 Å². The average Bonchev–Trinajstić information content (AvgIpc) is 3.02. The van der Waals surface area contributed by atoms with Crippen LogP contribution in [-0.2, 0) is 4.79 Å². The molecule has 4 rings (SSSR count). The second-order valence-electron chi connectivity index (χ2n) is 8.25. The van der Waals surface area contributed by atoms with Gasteiger partial charge < -0.3 is 15.2 Å². The maximum Gasteiger partial charge on any atom is 0.229 e. The monoisotopic (exact) mass is 429 g/mol. The molecule has 1 amide bonds. The lowest BCUT2D eigenvalue weighted by molar-refractivity contribution is -0.125. The second kappa shape index (κ2) is 7.26. The number of hydrogen-bond donors (Lipinski definition) is 2. The van der Waals surface area contributed by atoms with Crippen molar-refractivity contribution >= 4 is 45.7 Å². The predicted octanol–water partition coefficient (Wildman–Crippen LogP) is 5.07. The first-order valence-electron chi connectivity index (χ1n) is 9.72. The van der Waals surface area contributed by atoms with E-state index in [4.69, 9.17) is 23.2 Å². The van der Waals surface area contributed by atoms with Gasteiger partial charge in [-0.2, -0.15) is 0 Å². The summed E-state index contributed by atoms with van der Waals surface area (Å²) in [5, 5.41) is 4.26. The van der Waals surface area contributed by atoms with Crippen LogP contribution >= 0.6 is 23.2 Å². The Balaban J connectivity index is 1.65. The van der Waals surface area contributed by atoms with Crippen molar-refractivity contribution in [2.24, 2.45) is 5.41 Å². The Morgan fingerprint density at radius 3 is 2.45 bits per heavy atom. The first-order valence-corrected chi connectivity index (χ1v) is 10.5. The lowest BCUT2D eigenvalue weighted by Gasteiger charge is -2.21. The summed E-state index contributed by atoms with van der Waals surface area (Å²) in [5.41, 5.74) is 3.79. The van der Waals surface area contributed by atoms with E-state index >= 15 is 0 Å². The molecule has 1 saturated carbocycles. The summed E-state index contributed by atoms with van der Waals surface area (Å²) in [7, 11) is 4.04. The third kappa shape index (κ3) is 3.60. The van der Waals surface area contributed by atoms with E-state index in [1.807, 2.05) is 39.3 Å². The van der Waals surface area contributed by atoms with Gasteiger partial charge in [0.2, 0.25) is 5.91 Å². The van der Waals surface area contributed by atoms with Gasteiger partial charge in [0, 0.05) is 49.3 Å². The number of halogens is 2.